The predicted molar refractivity (Wildman–Crippen MR) is 74.2 cm³/mol. The fraction of sp³-hybridized carbons (Fsp3) is 0.733. The van der Waals surface area contributed by atoms with Gasteiger partial charge in [0.2, 0.25) is 5.91 Å². The lowest BCUT2D eigenvalue weighted by Crippen LogP contribution is -2.43. The van der Waals surface area contributed by atoms with Crippen molar-refractivity contribution < 1.29 is 19.4 Å². The average Bonchev–Trinajstić information content (AvgIpc) is 2.47. The van der Waals surface area contributed by atoms with E-state index in [1.807, 2.05) is 12.2 Å². The maximum atomic E-state index is 12.5. The molecule has 112 valence electrons. The zero-order chi connectivity index (χ0) is 14.5. The Hall–Kier alpha value is -1.36. The largest absolute Gasteiger partial charge is 0.481 e. The van der Waals surface area contributed by atoms with E-state index in [1.54, 1.807) is 11.9 Å². The van der Waals surface area contributed by atoms with Crippen LogP contribution in [0, 0.1) is 11.8 Å². The average molecular weight is 281 g/mol. The standard InChI is InChI=1S/C15H23NO4/c1-16(10-11-6-4-5-9-20-11)14(17)12-7-2-3-8-13(12)15(18)19/h2-3,11-13H,4-10H2,1H3,(H,18,19). The van der Waals surface area contributed by atoms with Gasteiger partial charge >= 0.3 is 5.97 Å². The van der Waals surface area contributed by atoms with Gasteiger partial charge in [0.1, 0.15) is 0 Å². The molecule has 1 heterocycles. The van der Waals surface area contributed by atoms with E-state index >= 15 is 0 Å². The van der Waals surface area contributed by atoms with Crippen molar-refractivity contribution in [2.75, 3.05) is 20.2 Å². The first kappa shape index (κ1) is 15.0. The molecule has 1 saturated heterocycles. The lowest BCUT2D eigenvalue weighted by Gasteiger charge is -2.32. The van der Waals surface area contributed by atoms with Crippen LogP contribution >= 0.6 is 0 Å². The minimum absolute atomic E-state index is 0.0732. The van der Waals surface area contributed by atoms with Crippen molar-refractivity contribution in [2.24, 2.45) is 11.8 Å². The van der Waals surface area contributed by atoms with E-state index in [9.17, 15) is 14.7 Å². The Labute approximate surface area is 119 Å². The molecule has 5 heteroatoms. The Kier molecular flexibility index (Phi) is 5.17. The summed E-state index contributed by atoms with van der Waals surface area (Å²) in [7, 11) is 1.75. The monoisotopic (exact) mass is 281 g/mol. The van der Waals surface area contributed by atoms with Crippen LogP contribution in [0.1, 0.15) is 32.1 Å². The number of carboxylic acids is 1. The molecule has 2 aliphatic rings. The number of hydrogen-bond acceptors (Lipinski definition) is 3. The lowest BCUT2D eigenvalue weighted by molar-refractivity contribution is -0.150. The minimum Gasteiger partial charge on any atom is -0.481 e. The summed E-state index contributed by atoms with van der Waals surface area (Å²) in [6, 6.07) is 0. The topological polar surface area (TPSA) is 66.8 Å². The zero-order valence-corrected chi connectivity index (χ0v) is 12.0. The number of aliphatic carboxylic acids is 1. The van der Waals surface area contributed by atoms with Crippen LogP contribution in [0.25, 0.3) is 0 Å². The van der Waals surface area contributed by atoms with Crippen LogP contribution in [0.4, 0.5) is 0 Å². The highest BCUT2D eigenvalue weighted by molar-refractivity contribution is 5.85. The van der Waals surface area contributed by atoms with Crippen LogP contribution in [0.15, 0.2) is 12.2 Å². The van der Waals surface area contributed by atoms with E-state index in [0.717, 1.165) is 25.9 Å². The van der Waals surface area contributed by atoms with E-state index in [-0.39, 0.29) is 12.0 Å². The molecular weight excluding hydrogens is 258 g/mol. The molecular formula is C15H23NO4. The summed E-state index contributed by atoms with van der Waals surface area (Å²) < 4.78 is 5.64. The van der Waals surface area contributed by atoms with E-state index in [2.05, 4.69) is 0 Å². The second-order valence-corrected chi connectivity index (χ2v) is 5.70. The highest BCUT2D eigenvalue weighted by atomic mass is 16.5. The summed E-state index contributed by atoms with van der Waals surface area (Å²) in [6.45, 7) is 1.32. The molecule has 1 amide bonds. The number of allylic oxidation sites excluding steroid dienone is 2. The number of hydrogen-bond donors (Lipinski definition) is 1. The Morgan fingerprint density at radius 3 is 2.55 bits per heavy atom. The third-order valence-corrected chi connectivity index (χ3v) is 4.19. The summed E-state index contributed by atoms with van der Waals surface area (Å²) >= 11 is 0. The number of carbonyl (C=O) groups is 2. The number of carbonyl (C=O) groups excluding carboxylic acids is 1. The number of nitrogens with zero attached hydrogens (tertiary/aromatic N) is 1. The van der Waals surface area contributed by atoms with Crippen LogP contribution in [0.2, 0.25) is 0 Å². The SMILES string of the molecule is CN(CC1CCCCO1)C(=O)C1CC=CCC1C(=O)O. The maximum absolute atomic E-state index is 12.5. The molecule has 1 N–H and O–H groups in total. The molecule has 0 saturated carbocycles. The molecule has 3 atom stereocenters. The first-order valence-corrected chi connectivity index (χ1v) is 7.34. The van der Waals surface area contributed by atoms with Gasteiger partial charge in [-0.2, -0.15) is 0 Å². The molecule has 0 radical (unpaired) electrons. The van der Waals surface area contributed by atoms with Crippen molar-refractivity contribution in [1.82, 2.24) is 4.90 Å². The Morgan fingerprint density at radius 2 is 1.95 bits per heavy atom. The van der Waals surface area contributed by atoms with Crippen molar-refractivity contribution in [1.29, 1.82) is 0 Å². The summed E-state index contributed by atoms with van der Waals surface area (Å²) in [4.78, 5) is 25.4. The van der Waals surface area contributed by atoms with Gasteiger partial charge in [-0.25, -0.2) is 0 Å². The smallest absolute Gasteiger partial charge is 0.307 e. The third-order valence-electron chi connectivity index (χ3n) is 4.19. The molecule has 3 unspecified atom stereocenters. The van der Waals surface area contributed by atoms with Gasteiger partial charge in [-0.1, -0.05) is 12.2 Å². The number of likely N-dealkylation sites (N-methyl/N-ethyl adjacent to an activating group) is 1. The zero-order valence-electron chi connectivity index (χ0n) is 12.0. The Morgan fingerprint density at radius 1 is 1.25 bits per heavy atom. The van der Waals surface area contributed by atoms with Crippen molar-refractivity contribution >= 4 is 11.9 Å². The van der Waals surface area contributed by atoms with Crippen molar-refractivity contribution in [3.63, 3.8) is 0 Å². The van der Waals surface area contributed by atoms with Gasteiger partial charge in [0.15, 0.2) is 0 Å². The fourth-order valence-corrected chi connectivity index (χ4v) is 2.99. The predicted octanol–water partition coefficient (Wildman–Crippen LogP) is 1.68. The maximum Gasteiger partial charge on any atom is 0.307 e. The first-order chi connectivity index (χ1) is 9.59. The number of carboxylic acid groups (broad SMARTS) is 1. The van der Waals surface area contributed by atoms with Gasteiger partial charge in [-0.05, 0) is 32.1 Å². The number of amides is 1. The normalized spacial score (nSPS) is 29.9. The van der Waals surface area contributed by atoms with Gasteiger partial charge in [0.05, 0.1) is 17.9 Å². The van der Waals surface area contributed by atoms with Crippen LogP contribution in [-0.2, 0) is 14.3 Å². The van der Waals surface area contributed by atoms with Crippen molar-refractivity contribution in [2.45, 2.75) is 38.2 Å². The molecule has 1 aliphatic carbocycles. The molecule has 1 aliphatic heterocycles. The van der Waals surface area contributed by atoms with Gasteiger partial charge in [0.25, 0.3) is 0 Å². The van der Waals surface area contributed by atoms with Crippen LogP contribution in [0.3, 0.4) is 0 Å². The van der Waals surface area contributed by atoms with E-state index in [1.165, 1.54) is 0 Å². The van der Waals surface area contributed by atoms with Gasteiger partial charge in [-0.15, -0.1) is 0 Å². The molecule has 5 nitrogen and oxygen atoms in total. The van der Waals surface area contributed by atoms with E-state index in [0.29, 0.717) is 19.4 Å². The highest BCUT2D eigenvalue weighted by Gasteiger charge is 2.36. The molecule has 0 aromatic carbocycles. The minimum atomic E-state index is -0.880. The molecule has 20 heavy (non-hydrogen) atoms. The quantitative estimate of drug-likeness (QED) is 0.796. The summed E-state index contributed by atoms with van der Waals surface area (Å²) in [5, 5.41) is 9.23. The second-order valence-electron chi connectivity index (χ2n) is 5.70. The second kappa shape index (κ2) is 6.88. The first-order valence-electron chi connectivity index (χ1n) is 7.34. The van der Waals surface area contributed by atoms with Crippen molar-refractivity contribution in [3.8, 4) is 0 Å². The molecule has 2 rings (SSSR count). The summed E-state index contributed by atoms with van der Waals surface area (Å²) in [5.74, 6) is -1.99. The Bertz CT molecular complexity index is 387. The van der Waals surface area contributed by atoms with Crippen LogP contribution in [-0.4, -0.2) is 48.2 Å². The summed E-state index contributed by atoms with van der Waals surface area (Å²) in [6.07, 6.45) is 8.02. The molecule has 0 aromatic rings. The van der Waals surface area contributed by atoms with Gasteiger partial charge < -0.3 is 14.7 Å². The van der Waals surface area contributed by atoms with Crippen LogP contribution in [0.5, 0.6) is 0 Å². The van der Waals surface area contributed by atoms with E-state index in [4.69, 9.17) is 4.74 Å². The number of rotatable bonds is 4. The van der Waals surface area contributed by atoms with Crippen molar-refractivity contribution in [3.05, 3.63) is 12.2 Å². The molecule has 0 aromatic heterocycles. The van der Waals surface area contributed by atoms with Crippen LogP contribution < -0.4 is 0 Å². The van der Waals surface area contributed by atoms with E-state index < -0.39 is 17.8 Å². The lowest BCUT2D eigenvalue weighted by atomic mass is 9.82. The highest BCUT2D eigenvalue weighted by Crippen LogP contribution is 2.27. The fourth-order valence-electron chi connectivity index (χ4n) is 2.99. The van der Waals surface area contributed by atoms with Gasteiger partial charge in [-0.3, -0.25) is 9.59 Å². The Balaban J connectivity index is 1.94. The third kappa shape index (κ3) is 3.60. The molecule has 1 fully saturated rings. The van der Waals surface area contributed by atoms with Gasteiger partial charge in [0, 0.05) is 20.2 Å². The summed E-state index contributed by atoms with van der Waals surface area (Å²) in [5.41, 5.74) is 0. The number of ether oxygens (including phenoxy) is 1. The molecule has 0 bridgehead atoms. The molecule has 0 spiro atoms.